The fourth-order valence-electron chi connectivity index (χ4n) is 5.12. The molecule has 0 saturated carbocycles. The van der Waals surface area contributed by atoms with E-state index in [1.54, 1.807) is 57.2 Å². The summed E-state index contributed by atoms with van der Waals surface area (Å²) in [5.41, 5.74) is 6.74. The third-order valence-electron chi connectivity index (χ3n) is 7.98. The molecule has 2 aromatic rings. The Morgan fingerprint density at radius 3 is 1.25 bits per heavy atom. The topological polar surface area (TPSA) is 83.6 Å². The molecule has 250 valence electrons. The summed E-state index contributed by atoms with van der Waals surface area (Å²) < 4.78 is 0. The van der Waals surface area contributed by atoms with Crippen molar-refractivity contribution in [1.82, 2.24) is 0 Å². The zero-order valence-corrected chi connectivity index (χ0v) is 31.8. The standard InChI is InChI=1S/C38H38Cl4N4O2/c1-19-11-23(12-20(2)35(19)47)21(3)43-45-33-17-29(39)25(15-31(33)41)26-16-32(42)34(18-30(26)40)46-44-22(4)24-13-27(37(5,6)7)36(48)28(14-24)38(8,9)10/h11-18H,1-10H3/b45-43+,46-44+. The first-order chi connectivity index (χ1) is 22.2. The second kappa shape index (κ2) is 14.2. The zero-order valence-electron chi connectivity index (χ0n) is 28.7. The highest BCUT2D eigenvalue weighted by molar-refractivity contribution is 6.40. The molecule has 0 aromatic heterocycles. The summed E-state index contributed by atoms with van der Waals surface area (Å²) in [6.45, 7) is 19.3. The van der Waals surface area contributed by atoms with E-state index in [4.69, 9.17) is 46.4 Å². The predicted octanol–water partition coefficient (Wildman–Crippen LogP) is 13.7. The molecule has 0 heterocycles. The molecule has 0 bridgehead atoms. The van der Waals surface area contributed by atoms with Crippen molar-refractivity contribution in [1.29, 1.82) is 0 Å². The quantitative estimate of drug-likeness (QED) is 0.288. The van der Waals surface area contributed by atoms with Crippen molar-refractivity contribution < 1.29 is 9.59 Å². The monoisotopic (exact) mass is 722 g/mol. The largest absolute Gasteiger partial charge is 0.289 e. The van der Waals surface area contributed by atoms with Crippen LogP contribution in [0.1, 0.15) is 69.2 Å². The van der Waals surface area contributed by atoms with Crippen molar-refractivity contribution in [2.24, 2.45) is 31.3 Å². The molecule has 0 amide bonds. The van der Waals surface area contributed by atoms with E-state index >= 15 is 0 Å². The van der Waals surface area contributed by atoms with Gasteiger partial charge in [-0.05, 0) is 109 Å². The summed E-state index contributed by atoms with van der Waals surface area (Å²) in [4.78, 5) is 25.4. The minimum absolute atomic E-state index is 0.00802. The van der Waals surface area contributed by atoms with Gasteiger partial charge in [0.1, 0.15) is 11.4 Å². The Morgan fingerprint density at radius 1 is 0.542 bits per heavy atom. The van der Waals surface area contributed by atoms with Crippen molar-refractivity contribution in [3.63, 3.8) is 0 Å². The van der Waals surface area contributed by atoms with E-state index in [9.17, 15) is 9.59 Å². The van der Waals surface area contributed by atoms with Gasteiger partial charge >= 0.3 is 0 Å². The van der Waals surface area contributed by atoms with Gasteiger partial charge < -0.3 is 0 Å². The first-order valence-electron chi connectivity index (χ1n) is 15.3. The summed E-state index contributed by atoms with van der Waals surface area (Å²) in [5, 5.41) is 18.8. The molecule has 6 nitrogen and oxygen atoms in total. The van der Waals surface area contributed by atoms with Crippen molar-refractivity contribution in [2.45, 2.75) is 69.2 Å². The lowest BCUT2D eigenvalue weighted by Gasteiger charge is -2.31. The lowest BCUT2D eigenvalue weighted by atomic mass is 9.72. The van der Waals surface area contributed by atoms with Crippen LogP contribution in [0, 0.1) is 10.8 Å². The highest BCUT2D eigenvalue weighted by atomic mass is 35.5. The van der Waals surface area contributed by atoms with Crippen LogP contribution < -0.4 is 0 Å². The van der Waals surface area contributed by atoms with Crippen LogP contribution in [0.15, 0.2) is 114 Å². The van der Waals surface area contributed by atoms with Gasteiger partial charge in [-0.2, -0.15) is 10.2 Å². The maximum Gasteiger partial charge on any atom is 0.186 e. The predicted molar refractivity (Wildman–Crippen MR) is 199 cm³/mol. The normalized spacial score (nSPS) is 16.0. The fraction of sp³-hybridized carbons (Fsp3) is 0.316. The summed E-state index contributed by atoms with van der Waals surface area (Å²) in [6.07, 6.45) is 7.36. The van der Waals surface area contributed by atoms with Crippen LogP contribution in [0.3, 0.4) is 0 Å². The van der Waals surface area contributed by atoms with Crippen molar-refractivity contribution >= 4 is 69.3 Å². The van der Waals surface area contributed by atoms with Gasteiger partial charge in [0, 0.05) is 22.3 Å². The van der Waals surface area contributed by atoms with Gasteiger partial charge in [0.25, 0.3) is 0 Å². The molecule has 0 radical (unpaired) electrons. The molecule has 0 saturated heterocycles. The molecule has 2 aliphatic rings. The molecular weight excluding hydrogens is 686 g/mol. The third kappa shape index (κ3) is 8.23. The molecule has 0 aliphatic heterocycles. The number of carbonyl (C=O) groups excluding carboxylic acids is 2. The molecule has 0 N–H and O–H groups in total. The third-order valence-corrected chi connectivity index (χ3v) is 9.21. The maximum atomic E-state index is 13.3. The summed E-state index contributed by atoms with van der Waals surface area (Å²) in [6, 6.07) is 6.54. The molecule has 10 heteroatoms. The first kappa shape index (κ1) is 37.4. The number of benzene rings is 2. The Labute approximate surface area is 302 Å². The van der Waals surface area contributed by atoms with Crippen LogP contribution in [0.2, 0.25) is 20.1 Å². The van der Waals surface area contributed by atoms with E-state index < -0.39 is 0 Å². The van der Waals surface area contributed by atoms with E-state index in [0.717, 1.165) is 22.3 Å². The number of azo groups is 2. The number of halogens is 4. The second-order valence-corrected chi connectivity index (χ2v) is 15.6. The number of ketones is 2. The summed E-state index contributed by atoms with van der Waals surface area (Å²) >= 11 is 26.7. The molecule has 0 atom stereocenters. The molecule has 2 aromatic carbocycles. The first-order valence-corrected chi connectivity index (χ1v) is 16.8. The Morgan fingerprint density at radius 2 is 0.896 bits per heavy atom. The molecule has 0 fully saturated rings. The van der Waals surface area contributed by atoms with E-state index in [1.807, 2.05) is 60.6 Å². The van der Waals surface area contributed by atoms with Crippen LogP contribution in [0.4, 0.5) is 11.4 Å². The lowest BCUT2D eigenvalue weighted by Crippen LogP contribution is -2.28. The summed E-state index contributed by atoms with van der Waals surface area (Å²) in [7, 11) is 0. The van der Waals surface area contributed by atoms with E-state index in [-0.39, 0.29) is 22.4 Å². The van der Waals surface area contributed by atoms with Gasteiger partial charge in [-0.3, -0.25) is 9.59 Å². The number of hydrogen-bond donors (Lipinski definition) is 0. The number of allylic oxidation sites excluding steroid dienone is 12. The van der Waals surface area contributed by atoms with Gasteiger partial charge in [0.2, 0.25) is 0 Å². The van der Waals surface area contributed by atoms with E-state index in [0.29, 0.717) is 65.1 Å². The SMILES string of the molecule is CC1=CC(=C(C)/N=N/c2cc(Cl)c(-c3cc(Cl)c(/N=N/C(C)=C4C=C(C(C)(C)C)C(=O)C(C(C)(C)C)=C4)cc3Cl)cc2Cl)C=C(C)C1=O. The van der Waals surface area contributed by atoms with E-state index in [1.165, 1.54) is 0 Å². The number of nitrogens with zero attached hydrogens (tertiary/aromatic N) is 4. The van der Waals surface area contributed by atoms with Crippen molar-refractivity contribution in [3.8, 4) is 11.1 Å². The molecular formula is C38H38Cl4N4O2. The van der Waals surface area contributed by atoms with Crippen molar-refractivity contribution in [3.05, 3.63) is 113 Å². The molecule has 0 spiro atoms. The molecule has 4 rings (SSSR count). The average molecular weight is 725 g/mol. The number of rotatable bonds is 5. The van der Waals surface area contributed by atoms with Gasteiger partial charge in [0.15, 0.2) is 11.6 Å². The average Bonchev–Trinajstić information content (AvgIpc) is 2.98. The number of hydrogen-bond acceptors (Lipinski definition) is 6. The van der Waals surface area contributed by atoms with Crippen LogP contribution in [-0.2, 0) is 9.59 Å². The minimum Gasteiger partial charge on any atom is -0.289 e. The maximum absolute atomic E-state index is 13.3. The lowest BCUT2D eigenvalue weighted by molar-refractivity contribution is -0.114. The van der Waals surface area contributed by atoms with Gasteiger partial charge in [0.05, 0.1) is 31.5 Å². The molecule has 2 aliphatic carbocycles. The Balaban J connectivity index is 1.66. The zero-order chi connectivity index (χ0) is 35.9. The van der Waals surface area contributed by atoms with Gasteiger partial charge in [-0.15, -0.1) is 10.2 Å². The number of Topliss-reactive ketones (excluding diaryl/α,β-unsaturated/α-hetero) is 2. The Kier molecular flexibility index (Phi) is 11.1. The van der Waals surface area contributed by atoms with E-state index in [2.05, 4.69) is 20.5 Å². The molecule has 0 unspecified atom stereocenters. The Bertz CT molecular complexity index is 1930. The van der Waals surface area contributed by atoms with Crippen LogP contribution >= 0.6 is 46.4 Å². The van der Waals surface area contributed by atoms with Gasteiger partial charge in [-0.1, -0.05) is 87.9 Å². The van der Waals surface area contributed by atoms with Crippen LogP contribution in [0.5, 0.6) is 0 Å². The Hall–Kier alpha value is -3.42. The van der Waals surface area contributed by atoms with Gasteiger partial charge in [-0.25, -0.2) is 0 Å². The van der Waals surface area contributed by atoms with Crippen LogP contribution in [0.25, 0.3) is 11.1 Å². The molecule has 48 heavy (non-hydrogen) atoms. The fourth-order valence-corrected chi connectivity index (χ4v) is 6.05. The highest BCUT2D eigenvalue weighted by Crippen LogP contribution is 2.44. The second-order valence-electron chi connectivity index (χ2n) is 14.0. The summed E-state index contributed by atoms with van der Waals surface area (Å²) in [5.74, 6) is 0.0584. The highest BCUT2D eigenvalue weighted by Gasteiger charge is 2.34. The number of carbonyl (C=O) groups is 2. The van der Waals surface area contributed by atoms with Crippen molar-refractivity contribution in [2.75, 3.05) is 0 Å². The minimum atomic E-state index is -0.343. The van der Waals surface area contributed by atoms with Crippen LogP contribution in [-0.4, -0.2) is 11.6 Å². The smallest absolute Gasteiger partial charge is 0.186 e.